The Bertz CT molecular complexity index is 2040. The van der Waals surface area contributed by atoms with Crippen molar-refractivity contribution < 1.29 is 42.9 Å². The monoisotopic (exact) mass is 720 g/mol. The summed E-state index contributed by atoms with van der Waals surface area (Å²) in [5.41, 5.74) is 1.51. The topological polar surface area (TPSA) is 173 Å². The molecule has 1 saturated heterocycles. The van der Waals surface area contributed by atoms with Gasteiger partial charge in [0, 0.05) is 13.8 Å². The van der Waals surface area contributed by atoms with E-state index in [9.17, 15) is 19.2 Å². The number of aromatic nitrogens is 4. The molecule has 15 nitrogen and oxygen atoms in total. The number of fused-ring (bicyclic) bond motifs is 1. The number of hydrogen-bond donors (Lipinski definition) is 1. The van der Waals surface area contributed by atoms with Gasteiger partial charge in [0.05, 0.1) is 42.4 Å². The number of nitrogens with one attached hydrogen (secondary N) is 1. The lowest BCUT2D eigenvalue weighted by Gasteiger charge is -2.24. The summed E-state index contributed by atoms with van der Waals surface area (Å²) in [7, 11) is 0. The first kappa shape index (κ1) is 36.3. The largest absolute Gasteiger partial charge is 0.459 e. The number of ether oxygens (including phenoxy) is 5. The van der Waals surface area contributed by atoms with Gasteiger partial charge in [-0.25, -0.2) is 19.5 Å². The number of carbonyl (C=O) groups is 4. The van der Waals surface area contributed by atoms with Crippen molar-refractivity contribution in [3.63, 3.8) is 0 Å². The zero-order valence-electron chi connectivity index (χ0n) is 28.9. The van der Waals surface area contributed by atoms with Gasteiger partial charge >= 0.3 is 18.0 Å². The van der Waals surface area contributed by atoms with Crippen LogP contribution in [0.15, 0.2) is 110 Å². The third-order valence-corrected chi connectivity index (χ3v) is 8.08. The van der Waals surface area contributed by atoms with E-state index < -0.39 is 48.3 Å². The zero-order valence-corrected chi connectivity index (χ0v) is 28.9. The Morgan fingerprint density at radius 2 is 1.55 bits per heavy atom. The van der Waals surface area contributed by atoms with Crippen LogP contribution in [-0.2, 0) is 28.5 Å². The third kappa shape index (κ3) is 8.54. The number of para-hydroxylation sites is 2. The standard InChI is InChI=1S/C38H36N6O9/c1-4-20-49-21-29-30(22-50-36(47)26-14-8-5-9-15-26)52-35(32(29)51-25(3)46)43-23-39-31-33(43)41-37(40-24(2)45)42-34(31)53-38(48)44(27-16-10-6-11-17-27)28-18-12-7-13-19-28/h4-19,23,29-30,32,35H,1,20-22H2,2-3H3,(H,40,41,42,45)/t29-,30-,32-,35-/m1/s1. The number of amides is 2. The summed E-state index contributed by atoms with van der Waals surface area (Å²) in [4.78, 5) is 66.1. The molecule has 0 saturated carbocycles. The first-order valence-corrected chi connectivity index (χ1v) is 16.6. The number of nitrogens with zero attached hydrogens (tertiary/aromatic N) is 5. The Morgan fingerprint density at radius 1 is 0.906 bits per heavy atom. The molecule has 272 valence electrons. The normalized spacial score (nSPS) is 17.8. The minimum Gasteiger partial charge on any atom is -0.459 e. The molecule has 2 amide bonds. The average molecular weight is 721 g/mol. The van der Waals surface area contributed by atoms with Gasteiger partial charge in [-0.2, -0.15) is 9.97 Å². The maximum absolute atomic E-state index is 13.9. The highest BCUT2D eigenvalue weighted by Crippen LogP contribution is 2.39. The molecule has 15 heteroatoms. The van der Waals surface area contributed by atoms with Gasteiger partial charge in [0.15, 0.2) is 23.5 Å². The van der Waals surface area contributed by atoms with E-state index in [1.54, 1.807) is 84.9 Å². The van der Waals surface area contributed by atoms with Crippen molar-refractivity contribution in [3.8, 4) is 5.88 Å². The Hall–Kier alpha value is -6.45. The summed E-state index contributed by atoms with van der Waals surface area (Å²) in [6.07, 6.45) is -0.787. The van der Waals surface area contributed by atoms with Gasteiger partial charge < -0.3 is 23.7 Å². The maximum Gasteiger partial charge on any atom is 0.425 e. The SMILES string of the molecule is C=CCOC[C@H]1[C@@H](OC(C)=O)[C@H](n2cnc3c(OC(=O)N(c4ccccc4)c4ccccc4)nc(NC(C)=O)nc32)O[C@@H]1COC(=O)c1ccccc1. The van der Waals surface area contributed by atoms with E-state index >= 15 is 0 Å². The Kier molecular flexibility index (Phi) is 11.5. The molecule has 2 aromatic heterocycles. The van der Waals surface area contributed by atoms with Crippen LogP contribution in [0.25, 0.3) is 11.2 Å². The maximum atomic E-state index is 13.9. The Balaban J connectivity index is 1.37. The molecule has 3 heterocycles. The molecule has 0 spiro atoms. The average Bonchev–Trinajstić information content (AvgIpc) is 3.72. The first-order valence-electron chi connectivity index (χ1n) is 16.6. The summed E-state index contributed by atoms with van der Waals surface area (Å²) in [6.45, 7) is 6.26. The van der Waals surface area contributed by atoms with Crippen molar-refractivity contribution >= 4 is 52.4 Å². The molecule has 0 bridgehead atoms. The quantitative estimate of drug-likeness (QED) is 0.0904. The van der Waals surface area contributed by atoms with Crippen molar-refractivity contribution in [2.75, 3.05) is 30.0 Å². The van der Waals surface area contributed by atoms with Crippen molar-refractivity contribution in [2.45, 2.75) is 32.3 Å². The Labute approximate surface area is 304 Å². The van der Waals surface area contributed by atoms with Gasteiger partial charge in [0.1, 0.15) is 12.7 Å². The lowest BCUT2D eigenvalue weighted by atomic mass is 9.99. The molecule has 0 radical (unpaired) electrons. The zero-order chi connectivity index (χ0) is 37.3. The van der Waals surface area contributed by atoms with Gasteiger partial charge in [-0.05, 0) is 36.4 Å². The fourth-order valence-electron chi connectivity index (χ4n) is 5.81. The minimum absolute atomic E-state index is 0.0390. The predicted octanol–water partition coefficient (Wildman–Crippen LogP) is 5.63. The second-order valence-electron chi connectivity index (χ2n) is 11.8. The second-order valence-corrected chi connectivity index (χ2v) is 11.8. The summed E-state index contributed by atoms with van der Waals surface area (Å²) in [6, 6.07) is 26.2. The van der Waals surface area contributed by atoms with Crippen LogP contribution in [0.1, 0.15) is 30.4 Å². The Morgan fingerprint density at radius 3 is 2.15 bits per heavy atom. The highest BCUT2D eigenvalue weighted by atomic mass is 16.6. The number of hydrogen-bond acceptors (Lipinski definition) is 12. The third-order valence-electron chi connectivity index (χ3n) is 8.08. The van der Waals surface area contributed by atoms with E-state index in [1.165, 1.54) is 29.6 Å². The molecule has 1 N–H and O–H groups in total. The summed E-state index contributed by atoms with van der Waals surface area (Å²) >= 11 is 0. The molecule has 6 rings (SSSR count). The van der Waals surface area contributed by atoms with E-state index in [0.29, 0.717) is 16.9 Å². The van der Waals surface area contributed by atoms with E-state index in [1.807, 2.05) is 12.1 Å². The second kappa shape index (κ2) is 16.7. The minimum atomic E-state index is -1.09. The molecule has 1 aliphatic heterocycles. The van der Waals surface area contributed by atoms with Gasteiger partial charge in [0.2, 0.25) is 11.9 Å². The van der Waals surface area contributed by atoms with Crippen molar-refractivity contribution in [2.24, 2.45) is 5.92 Å². The number of benzene rings is 3. The summed E-state index contributed by atoms with van der Waals surface area (Å²) < 4.78 is 31.1. The van der Waals surface area contributed by atoms with Crippen LogP contribution in [0.5, 0.6) is 5.88 Å². The molecule has 53 heavy (non-hydrogen) atoms. The van der Waals surface area contributed by atoms with Crippen LogP contribution in [-0.4, -0.2) is 75.5 Å². The summed E-state index contributed by atoms with van der Waals surface area (Å²) in [5.74, 6) is -2.75. The first-order chi connectivity index (χ1) is 25.7. The number of imidazole rings is 1. The van der Waals surface area contributed by atoms with Gasteiger partial charge in [-0.3, -0.25) is 19.5 Å². The smallest absolute Gasteiger partial charge is 0.425 e. The molecular formula is C38H36N6O9. The number of carbonyl (C=O) groups excluding carboxylic acids is 4. The highest BCUT2D eigenvalue weighted by molar-refractivity contribution is 5.98. The molecular weight excluding hydrogens is 684 g/mol. The molecule has 5 aromatic rings. The van der Waals surface area contributed by atoms with E-state index in [0.717, 1.165) is 0 Å². The number of rotatable bonds is 13. The van der Waals surface area contributed by atoms with Gasteiger partial charge in [-0.15, -0.1) is 6.58 Å². The van der Waals surface area contributed by atoms with Crippen LogP contribution in [0.3, 0.4) is 0 Å². The van der Waals surface area contributed by atoms with Crippen LogP contribution in [0, 0.1) is 5.92 Å². The fourth-order valence-corrected chi connectivity index (χ4v) is 5.81. The lowest BCUT2D eigenvalue weighted by Crippen LogP contribution is -2.36. The molecule has 0 unspecified atom stereocenters. The van der Waals surface area contributed by atoms with E-state index in [4.69, 9.17) is 23.7 Å². The van der Waals surface area contributed by atoms with E-state index in [2.05, 4.69) is 26.8 Å². The summed E-state index contributed by atoms with van der Waals surface area (Å²) in [5, 5.41) is 2.53. The fraction of sp³-hybridized carbons (Fsp3) is 0.237. The molecule has 1 aliphatic rings. The van der Waals surface area contributed by atoms with Crippen LogP contribution in [0.2, 0.25) is 0 Å². The van der Waals surface area contributed by atoms with Gasteiger partial charge in [0.25, 0.3) is 5.88 Å². The van der Waals surface area contributed by atoms with Crippen LogP contribution in [0.4, 0.5) is 22.1 Å². The van der Waals surface area contributed by atoms with Crippen molar-refractivity contribution in [1.82, 2.24) is 19.5 Å². The van der Waals surface area contributed by atoms with E-state index in [-0.39, 0.29) is 42.8 Å². The predicted molar refractivity (Wildman–Crippen MR) is 191 cm³/mol. The number of anilines is 3. The van der Waals surface area contributed by atoms with Crippen molar-refractivity contribution in [1.29, 1.82) is 0 Å². The van der Waals surface area contributed by atoms with Gasteiger partial charge in [-0.1, -0.05) is 60.7 Å². The number of esters is 2. The molecule has 0 aliphatic carbocycles. The highest BCUT2D eigenvalue weighted by Gasteiger charge is 2.49. The molecule has 3 aromatic carbocycles. The molecule has 4 atom stereocenters. The van der Waals surface area contributed by atoms with Crippen molar-refractivity contribution in [3.05, 3.63) is 116 Å². The molecule has 1 fully saturated rings. The lowest BCUT2D eigenvalue weighted by molar-refractivity contribution is -0.154. The van der Waals surface area contributed by atoms with Crippen LogP contribution >= 0.6 is 0 Å². The van der Waals surface area contributed by atoms with Crippen LogP contribution < -0.4 is 15.0 Å².